The van der Waals surface area contributed by atoms with E-state index in [4.69, 9.17) is 10.8 Å². The highest BCUT2D eigenvalue weighted by molar-refractivity contribution is 5.70. The van der Waals surface area contributed by atoms with Gasteiger partial charge in [0.1, 0.15) is 0 Å². The normalized spacial score (nSPS) is 11.3. The molecular formula is C9H9F3N2O4. The van der Waals surface area contributed by atoms with Crippen LogP contribution in [-0.4, -0.2) is 27.5 Å². The van der Waals surface area contributed by atoms with Crippen molar-refractivity contribution < 1.29 is 32.9 Å². The lowest BCUT2D eigenvalue weighted by molar-refractivity contribution is -0.275. The van der Waals surface area contributed by atoms with Crippen LogP contribution in [0.2, 0.25) is 0 Å². The number of carbonyl (C=O) groups is 1. The number of carboxylic acids is 1. The molecule has 1 rings (SSSR count). The van der Waals surface area contributed by atoms with E-state index in [0.29, 0.717) is 6.07 Å². The summed E-state index contributed by atoms with van der Waals surface area (Å²) in [7, 11) is 0. The van der Waals surface area contributed by atoms with Gasteiger partial charge in [-0.05, 0) is 0 Å². The first-order valence-corrected chi connectivity index (χ1v) is 4.62. The second-order valence-electron chi connectivity index (χ2n) is 3.23. The van der Waals surface area contributed by atoms with Gasteiger partial charge in [0.25, 0.3) is 0 Å². The molecule has 0 atom stereocenters. The van der Waals surface area contributed by atoms with Gasteiger partial charge in [-0.15, -0.1) is 13.2 Å². The number of aromatic nitrogens is 1. The van der Waals surface area contributed by atoms with Crippen molar-refractivity contribution in [2.45, 2.75) is 19.3 Å². The molecule has 0 fully saturated rings. The summed E-state index contributed by atoms with van der Waals surface area (Å²) in [5.74, 6) is -3.06. The molecule has 0 saturated heterocycles. The van der Waals surface area contributed by atoms with E-state index in [0.717, 1.165) is 0 Å². The van der Waals surface area contributed by atoms with E-state index in [1.165, 1.54) is 0 Å². The average Bonchev–Trinajstić information content (AvgIpc) is 2.19. The molecule has 4 N–H and O–H groups in total. The molecule has 9 heteroatoms. The molecule has 0 aliphatic carbocycles. The number of carboxylic acid groups (broad SMARTS) is 1. The van der Waals surface area contributed by atoms with Gasteiger partial charge in [0.05, 0.1) is 17.8 Å². The number of rotatable bonds is 4. The van der Waals surface area contributed by atoms with Gasteiger partial charge < -0.3 is 20.7 Å². The van der Waals surface area contributed by atoms with Crippen LogP contribution in [0.1, 0.15) is 11.4 Å². The van der Waals surface area contributed by atoms with E-state index >= 15 is 0 Å². The van der Waals surface area contributed by atoms with Crippen LogP contribution >= 0.6 is 0 Å². The van der Waals surface area contributed by atoms with Crippen LogP contribution in [0.3, 0.4) is 0 Å². The van der Waals surface area contributed by atoms with Crippen LogP contribution in [0.15, 0.2) is 6.07 Å². The largest absolute Gasteiger partial charge is 0.573 e. The molecule has 0 radical (unpaired) electrons. The summed E-state index contributed by atoms with van der Waals surface area (Å²) in [6.07, 6.45) is -5.62. The van der Waals surface area contributed by atoms with E-state index < -0.39 is 30.3 Å². The Kier molecular flexibility index (Phi) is 3.96. The highest BCUT2D eigenvalue weighted by Gasteiger charge is 2.33. The first kappa shape index (κ1) is 14.0. The Labute approximate surface area is 98.8 Å². The lowest BCUT2D eigenvalue weighted by Gasteiger charge is -2.13. The lowest BCUT2D eigenvalue weighted by Crippen LogP contribution is -2.18. The molecule has 0 bridgehead atoms. The predicted octanol–water partition coefficient (Wildman–Crippen LogP) is 0.772. The van der Waals surface area contributed by atoms with E-state index in [1.807, 2.05) is 0 Å². The Morgan fingerprint density at radius 1 is 1.50 bits per heavy atom. The Morgan fingerprint density at radius 2 is 2.11 bits per heavy atom. The summed E-state index contributed by atoms with van der Waals surface area (Å²) in [6.45, 7) is -0.354. The maximum Gasteiger partial charge on any atom is 0.573 e. The molecule has 6 nitrogen and oxygen atoms in total. The summed E-state index contributed by atoms with van der Waals surface area (Å²) in [6, 6.07) is 0.704. The number of pyridine rings is 1. The highest BCUT2D eigenvalue weighted by atomic mass is 19.4. The van der Waals surface area contributed by atoms with E-state index in [1.54, 1.807) is 0 Å². The van der Waals surface area contributed by atoms with Crippen LogP contribution in [0.25, 0.3) is 0 Å². The van der Waals surface area contributed by atoms with Crippen LogP contribution in [0, 0.1) is 0 Å². The molecule has 0 unspecified atom stereocenters. The lowest BCUT2D eigenvalue weighted by atomic mass is 10.2. The Morgan fingerprint density at radius 3 is 2.56 bits per heavy atom. The zero-order chi connectivity index (χ0) is 13.9. The van der Waals surface area contributed by atoms with Gasteiger partial charge in [0.15, 0.2) is 11.5 Å². The van der Waals surface area contributed by atoms with Crippen molar-refractivity contribution in [2.24, 2.45) is 5.73 Å². The zero-order valence-electron chi connectivity index (χ0n) is 8.86. The van der Waals surface area contributed by atoms with Crippen molar-refractivity contribution in [1.29, 1.82) is 0 Å². The molecule has 0 aliphatic heterocycles. The van der Waals surface area contributed by atoms with Gasteiger partial charge >= 0.3 is 12.3 Å². The molecule has 0 aromatic carbocycles. The minimum Gasteiger partial charge on any atom is -0.503 e. The van der Waals surface area contributed by atoms with E-state index in [2.05, 4.69) is 9.72 Å². The van der Waals surface area contributed by atoms with Crippen LogP contribution in [0.4, 0.5) is 13.2 Å². The summed E-state index contributed by atoms with van der Waals surface area (Å²) in [4.78, 5) is 14.1. The molecule has 100 valence electrons. The third-order valence-electron chi connectivity index (χ3n) is 1.83. The SMILES string of the molecule is NCc1nc(CC(=O)O)cc(OC(F)(F)F)c1O. The zero-order valence-corrected chi connectivity index (χ0v) is 8.86. The average molecular weight is 266 g/mol. The highest BCUT2D eigenvalue weighted by Crippen LogP contribution is 2.33. The van der Waals surface area contributed by atoms with Gasteiger partial charge in [0.2, 0.25) is 0 Å². The predicted molar refractivity (Wildman–Crippen MR) is 51.8 cm³/mol. The molecule has 0 spiro atoms. The quantitative estimate of drug-likeness (QED) is 0.743. The van der Waals surface area contributed by atoms with Crippen molar-refractivity contribution >= 4 is 5.97 Å². The summed E-state index contributed by atoms with van der Waals surface area (Å²) in [5, 5.41) is 17.9. The fourth-order valence-electron chi connectivity index (χ4n) is 1.21. The van der Waals surface area contributed by atoms with Crippen LogP contribution in [-0.2, 0) is 17.8 Å². The van der Waals surface area contributed by atoms with Crippen LogP contribution in [0.5, 0.6) is 11.5 Å². The fraction of sp³-hybridized carbons (Fsp3) is 0.333. The van der Waals surface area contributed by atoms with Crippen molar-refractivity contribution in [3.8, 4) is 11.5 Å². The van der Waals surface area contributed by atoms with Crippen LogP contribution < -0.4 is 10.5 Å². The first-order chi connectivity index (χ1) is 8.23. The summed E-state index contributed by atoms with van der Waals surface area (Å²) in [5.41, 5.74) is 4.71. The minimum absolute atomic E-state index is 0.194. The third-order valence-corrected chi connectivity index (χ3v) is 1.83. The number of alkyl halides is 3. The fourth-order valence-corrected chi connectivity index (χ4v) is 1.21. The number of hydrogen-bond donors (Lipinski definition) is 3. The number of ether oxygens (including phenoxy) is 1. The maximum atomic E-state index is 12.0. The standard InChI is InChI=1S/C9H9F3N2O4/c10-9(11,12)18-6-1-4(2-7(15)16)14-5(3-13)8(6)17/h1,17H,2-3,13H2,(H,15,16). The second-order valence-corrected chi connectivity index (χ2v) is 3.23. The molecule has 1 aromatic heterocycles. The van der Waals surface area contributed by atoms with Crippen molar-refractivity contribution in [1.82, 2.24) is 4.98 Å². The summed E-state index contributed by atoms with van der Waals surface area (Å²) < 4.78 is 39.7. The maximum absolute atomic E-state index is 12.0. The topological polar surface area (TPSA) is 106 Å². The first-order valence-electron chi connectivity index (χ1n) is 4.62. The van der Waals surface area contributed by atoms with Gasteiger partial charge in [0, 0.05) is 12.6 Å². The van der Waals surface area contributed by atoms with Gasteiger partial charge in [-0.25, -0.2) is 0 Å². The number of nitrogens with zero attached hydrogens (tertiary/aromatic N) is 1. The molecule has 0 aliphatic rings. The minimum atomic E-state index is -5.01. The Balaban J connectivity index is 3.18. The monoisotopic (exact) mass is 266 g/mol. The van der Waals surface area contributed by atoms with Crippen molar-refractivity contribution in [2.75, 3.05) is 0 Å². The third kappa shape index (κ3) is 3.77. The van der Waals surface area contributed by atoms with Crippen molar-refractivity contribution in [3.05, 3.63) is 17.5 Å². The van der Waals surface area contributed by atoms with E-state index in [9.17, 15) is 23.1 Å². The summed E-state index contributed by atoms with van der Waals surface area (Å²) >= 11 is 0. The Bertz CT molecular complexity index is 462. The molecule has 1 aromatic rings. The van der Waals surface area contributed by atoms with Crippen molar-refractivity contribution in [3.63, 3.8) is 0 Å². The van der Waals surface area contributed by atoms with Gasteiger partial charge in [-0.1, -0.05) is 0 Å². The van der Waals surface area contributed by atoms with E-state index in [-0.39, 0.29) is 17.9 Å². The number of aromatic hydroxyl groups is 1. The number of nitrogens with two attached hydrogens (primary N) is 1. The number of halogens is 3. The molecular weight excluding hydrogens is 257 g/mol. The smallest absolute Gasteiger partial charge is 0.503 e. The molecule has 0 saturated carbocycles. The molecule has 0 amide bonds. The second kappa shape index (κ2) is 5.08. The number of aliphatic carboxylic acids is 1. The van der Waals surface area contributed by atoms with Gasteiger partial charge in [-0.2, -0.15) is 0 Å². The van der Waals surface area contributed by atoms with Gasteiger partial charge in [-0.3, -0.25) is 9.78 Å². The number of hydrogen-bond acceptors (Lipinski definition) is 5. The molecule has 1 heterocycles. The Hall–Kier alpha value is -2.03. The molecule has 18 heavy (non-hydrogen) atoms.